The summed E-state index contributed by atoms with van der Waals surface area (Å²) < 4.78 is 6.74. The smallest absolute Gasteiger partial charge is 0.0912 e. The third-order valence-electron chi connectivity index (χ3n) is 8.48. The van der Waals surface area contributed by atoms with E-state index in [1.54, 1.807) is 33.4 Å². The first-order valence-electron chi connectivity index (χ1n) is 11.4. The van der Waals surface area contributed by atoms with Crippen molar-refractivity contribution < 1.29 is 4.74 Å². The summed E-state index contributed by atoms with van der Waals surface area (Å²) in [6.45, 7) is 0. The van der Waals surface area contributed by atoms with Gasteiger partial charge in [0.2, 0.25) is 0 Å². The molecule has 5 aliphatic rings. The molecule has 0 radical (unpaired) electrons. The zero-order chi connectivity index (χ0) is 18.7. The van der Waals surface area contributed by atoms with Gasteiger partial charge < -0.3 is 4.74 Å². The van der Waals surface area contributed by atoms with E-state index in [1.807, 2.05) is 0 Å². The Kier molecular flexibility index (Phi) is 2.77. The lowest BCUT2D eigenvalue weighted by Crippen LogP contribution is -2.24. The van der Waals surface area contributed by atoms with Gasteiger partial charge in [0.15, 0.2) is 0 Å². The summed E-state index contributed by atoms with van der Waals surface area (Å²) in [5.41, 5.74) is 15.5. The van der Waals surface area contributed by atoms with Gasteiger partial charge in [-0.05, 0) is 94.2 Å². The highest BCUT2D eigenvalue weighted by Crippen LogP contribution is 2.68. The fourth-order valence-corrected chi connectivity index (χ4v) is 7.28. The lowest BCUT2D eigenvalue weighted by Gasteiger charge is -2.38. The van der Waals surface area contributed by atoms with Crippen molar-refractivity contribution in [3.05, 3.63) is 93.0 Å². The molecule has 29 heavy (non-hydrogen) atoms. The van der Waals surface area contributed by atoms with Crippen LogP contribution < -0.4 is 0 Å². The molecule has 1 saturated heterocycles. The van der Waals surface area contributed by atoms with E-state index < -0.39 is 0 Å². The van der Waals surface area contributed by atoms with Crippen molar-refractivity contribution in [3.8, 4) is 11.1 Å². The SMILES string of the molecule is c1ccc2c(c1)[C@H]1O[C@@H]2[C@@H]2c3cc4c(cc3-c3cc5c(cc3[C@@H]21)CCC5)CCC4. The molecule has 4 atom stereocenters. The largest absolute Gasteiger partial charge is 0.364 e. The normalized spacial score (nSPS) is 29.1. The number of fused-ring (bicyclic) bond motifs is 15. The predicted octanol–water partition coefficient (Wildman–Crippen LogP) is 6.34. The Morgan fingerprint density at radius 2 is 1.00 bits per heavy atom. The number of hydrogen-bond acceptors (Lipinski definition) is 1. The van der Waals surface area contributed by atoms with E-state index in [0.717, 1.165) is 0 Å². The molecule has 8 rings (SSSR count). The van der Waals surface area contributed by atoms with Gasteiger partial charge in [0, 0.05) is 11.8 Å². The van der Waals surface area contributed by atoms with Crippen LogP contribution in [0.1, 0.15) is 81.4 Å². The first-order chi connectivity index (χ1) is 14.4. The minimum Gasteiger partial charge on any atom is -0.364 e. The van der Waals surface area contributed by atoms with Crippen LogP contribution in [-0.2, 0) is 30.4 Å². The van der Waals surface area contributed by atoms with E-state index in [9.17, 15) is 0 Å². The number of hydrogen-bond donors (Lipinski definition) is 0. The van der Waals surface area contributed by atoms with Gasteiger partial charge in [0.1, 0.15) is 0 Å². The summed E-state index contributed by atoms with van der Waals surface area (Å²) >= 11 is 0. The molecule has 2 aliphatic heterocycles. The molecule has 1 nitrogen and oxygen atoms in total. The third-order valence-corrected chi connectivity index (χ3v) is 8.48. The molecule has 0 spiro atoms. The molecular formula is C28H24O. The van der Waals surface area contributed by atoms with Gasteiger partial charge in [-0.3, -0.25) is 0 Å². The van der Waals surface area contributed by atoms with Crippen LogP contribution in [0.2, 0.25) is 0 Å². The second-order valence-electron chi connectivity index (χ2n) is 9.78. The number of benzene rings is 3. The first-order valence-corrected chi connectivity index (χ1v) is 11.4. The van der Waals surface area contributed by atoms with Crippen molar-refractivity contribution >= 4 is 0 Å². The summed E-state index contributed by atoms with van der Waals surface area (Å²) in [5.74, 6) is 0.950. The molecule has 3 aliphatic carbocycles. The molecule has 0 saturated carbocycles. The summed E-state index contributed by atoms with van der Waals surface area (Å²) in [5, 5.41) is 0. The standard InChI is InChI=1S/C28H24O/c1-2-10-20-19(9-1)27-25-23-13-17-7-3-5-15(17)11-21(23)22-12-16-6-4-8-18(16)14-24(22)26(25)28(20)29-27/h1-2,9-14,25-28H,3-8H2/t25-,26+,27+,28-. The van der Waals surface area contributed by atoms with E-state index in [-0.39, 0.29) is 12.2 Å². The zero-order valence-corrected chi connectivity index (χ0v) is 16.6. The third kappa shape index (κ3) is 1.82. The summed E-state index contributed by atoms with van der Waals surface area (Å²) in [6.07, 6.45) is 8.08. The maximum Gasteiger partial charge on any atom is 0.0912 e. The fraction of sp³-hybridized carbons (Fsp3) is 0.357. The molecule has 0 unspecified atom stereocenters. The van der Waals surface area contributed by atoms with Crippen molar-refractivity contribution in [3.63, 3.8) is 0 Å². The van der Waals surface area contributed by atoms with Crippen LogP contribution in [0.5, 0.6) is 0 Å². The minimum atomic E-state index is 0.223. The average molecular weight is 376 g/mol. The molecule has 0 amide bonds. The quantitative estimate of drug-likeness (QED) is 0.445. The minimum absolute atomic E-state index is 0.223. The number of rotatable bonds is 0. The van der Waals surface area contributed by atoms with Gasteiger partial charge in [-0.15, -0.1) is 0 Å². The van der Waals surface area contributed by atoms with Crippen LogP contribution >= 0.6 is 0 Å². The lowest BCUT2D eigenvalue weighted by molar-refractivity contribution is 0.0644. The molecule has 3 aromatic rings. The van der Waals surface area contributed by atoms with Gasteiger partial charge >= 0.3 is 0 Å². The first kappa shape index (κ1) is 15.5. The Morgan fingerprint density at radius 1 is 0.552 bits per heavy atom. The van der Waals surface area contributed by atoms with Crippen LogP contribution in [-0.4, -0.2) is 0 Å². The zero-order valence-electron chi connectivity index (χ0n) is 16.6. The second-order valence-corrected chi connectivity index (χ2v) is 9.78. The number of ether oxygens (including phenoxy) is 1. The summed E-state index contributed by atoms with van der Waals surface area (Å²) in [6, 6.07) is 19.3. The van der Waals surface area contributed by atoms with Crippen LogP contribution in [0.25, 0.3) is 11.1 Å². The highest BCUT2D eigenvalue weighted by atomic mass is 16.5. The van der Waals surface area contributed by atoms with Crippen molar-refractivity contribution in [1.29, 1.82) is 0 Å². The average Bonchev–Trinajstić information content (AvgIpc) is 3.53. The Bertz CT molecular complexity index is 1120. The molecule has 2 heterocycles. The van der Waals surface area contributed by atoms with Crippen LogP contribution in [0, 0.1) is 0 Å². The van der Waals surface area contributed by atoms with Gasteiger partial charge in [-0.1, -0.05) is 48.5 Å². The lowest BCUT2D eigenvalue weighted by atomic mass is 9.63. The van der Waals surface area contributed by atoms with Crippen LogP contribution in [0.3, 0.4) is 0 Å². The molecule has 0 aromatic heterocycles. The summed E-state index contributed by atoms with van der Waals surface area (Å²) in [7, 11) is 0. The van der Waals surface area contributed by atoms with Crippen molar-refractivity contribution in [1.82, 2.24) is 0 Å². The van der Waals surface area contributed by atoms with Crippen molar-refractivity contribution in [2.75, 3.05) is 0 Å². The monoisotopic (exact) mass is 376 g/mol. The van der Waals surface area contributed by atoms with Gasteiger partial charge in [0.25, 0.3) is 0 Å². The molecule has 0 N–H and O–H groups in total. The van der Waals surface area contributed by atoms with E-state index >= 15 is 0 Å². The van der Waals surface area contributed by atoms with E-state index in [1.165, 1.54) is 60.8 Å². The fourth-order valence-electron chi connectivity index (χ4n) is 7.28. The Hall–Kier alpha value is -2.38. The molecule has 1 heteroatoms. The van der Waals surface area contributed by atoms with E-state index in [0.29, 0.717) is 11.8 Å². The highest BCUT2D eigenvalue weighted by molar-refractivity contribution is 5.79. The van der Waals surface area contributed by atoms with Crippen molar-refractivity contribution in [2.24, 2.45) is 0 Å². The van der Waals surface area contributed by atoms with Crippen molar-refractivity contribution in [2.45, 2.75) is 62.6 Å². The Balaban J connectivity index is 1.45. The van der Waals surface area contributed by atoms with Crippen LogP contribution in [0.4, 0.5) is 0 Å². The van der Waals surface area contributed by atoms with E-state index in [4.69, 9.17) is 4.74 Å². The maximum absolute atomic E-state index is 6.74. The predicted molar refractivity (Wildman–Crippen MR) is 114 cm³/mol. The molecule has 1 fully saturated rings. The molecule has 142 valence electrons. The number of aryl methyl sites for hydroxylation is 4. The maximum atomic E-state index is 6.74. The Labute approximate surface area is 171 Å². The topological polar surface area (TPSA) is 9.23 Å². The van der Waals surface area contributed by atoms with Crippen LogP contribution in [0.15, 0.2) is 48.5 Å². The molecule has 3 aromatic carbocycles. The highest BCUT2D eigenvalue weighted by Gasteiger charge is 2.56. The van der Waals surface area contributed by atoms with Gasteiger partial charge in [-0.2, -0.15) is 0 Å². The molecular weight excluding hydrogens is 352 g/mol. The summed E-state index contributed by atoms with van der Waals surface area (Å²) in [4.78, 5) is 0. The Morgan fingerprint density at radius 3 is 1.48 bits per heavy atom. The molecule has 2 bridgehead atoms. The van der Waals surface area contributed by atoms with E-state index in [2.05, 4.69) is 48.5 Å². The van der Waals surface area contributed by atoms with Gasteiger partial charge in [-0.25, -0.2) is 0 Å². The van der Waals surface area contributed by atoms with Gasteiger partial charge in [0.05, 0.1) is 12.2 Å². The second kappa shape index (κ2) is 5.21.